The topological polar surface area (TPSA) is 85.9 Å². The molecule has 1 atom stereocenters. The maximum Gasteiger partial charge on any atom is 0.407 e. The van der Waals surface area contributed by atoms with Crippen LogP contribution in [-0.2, 0) is 9.47 Å². The highest BCUT2D eigenvalue weighted by molar-refractivity contribution is 7.21. The maximum atomic E-state index is 12.4. The molecule has 1 amide bonds. The van der Waals surface area contributed by atoms with E-state index in [1.807, 2.05) is 52.8 Å². The molecule has 1 aromatic carbocycles. The second-order valence-electron chi connectivity index (χ2n) is 8.04. The molecule has 0 saturated heterocycles. The summed E-state index contributed by atoms with van der Waals surface area (Å²) in [6, 6.07) is 5.53. The van der Waals surface area contributed by atoms with Gasteiger partial charge >= 0.3 is 12.1 Å². The van der Waals surface area contributed by atoms with Crippen molar-refractivity contribution in [2.75, 3.05) is 26.1 Å². The van der Waals surface area contributed by atoms with Gasteiger partial charge in [0.1, 0.15) is 16.2 Å². The number of carbonyl (C=O) groups is 2. The Bertz CT molecular complexity index is 870. The molecular weight excluding hydrogens is 392 g/mol. The van der Waals surface area contributed by atoms with Gasteiger partial charge in [0.2, 0.25) is 0 Å². The molecule has 0 aliphatic carbocycles. The number of thiophene rings is 1. The minimum atomic E-state index is -0.566. The lowest BCUT2D eigenvalue weighted by molar-refractivity contribution is 0.0522. The zero-order valence-corrected chi connectivity index (χ0v) is 18.9. The van der Waals surface area contributed by atoms with Gasteiger partial charge in [-0.05, 0) is 44.9 Å². The number of ether oxygens (including phenoxy) is 3. The summed E-state index contributed by atoms with van der Waals surface area (Å²) >= 11 is 1.36. The Balaban J connectivity index is 2.32. The number of hydrogen-bond donors (Lipinski definition) is 2. The first-order valence-corrected chi connectivity index (χ1v) is 10.3. The summed E-state index contributed by atoms with van der Waals surface area (Å²) < 4.78 is 16.6. The Morgan fingerprint density at radius 2 is 1.86 bits per heavy atom. The van der Waals surface area contributed by atoms with Crippen LogP contribution < -0.4 is 15.4 Å². The van der Waals surface area contributed by atoms with Crippen molar-refractivity contribution >= 4 is 39.2 Å². The van der Waals surface area contributed by atoms with Crippen molar-refractivity contribution in [3.05, 3.63) is 23.1 Å². The fourth-order valence-corrected chi connectivity index (χ4v) is 3.79. The molecule has 0 saturated carbocycles. The molecule has 0 radical (unpaired) electrons. The summed E-state index contributed by atoms with van der Waals surface area (Å²) in [6.45, 7) is 9.88. The van der Waals surface area contributed by atoms with Gasteiger partial charge in [-0.25, -0.2) is 9.59 Å². The van der Waals surface area contributed by atoms with Crippen molar-refractivity contribution < 1.29 is 23.8 Å². The summed E-state index contributed by atoms with van der Waals surface area (Å²) in [5, 5.41) is 7.12. The van der Waals surface area contributed by atoms with Gasteiger partial charge in [0.25, 0.3) is 0 Å². The fourth-order valence-electron chi connectivity index (χ4n) is 2.73. The van der Waals surface area contributed by atoms with Crippen LogP contribution in [0.4, 0.5) is 10.5 Å². The number of esters is 1. The molecule has 1 heterocycles. The van der Waals surface area contributed by atoms with Crippen molar-refractivity contribution in [1.82, 2.24) is 5.32 Å². The fraction of sp³-hybridized carbons (Fsp3) is 0.524. The zero-order chi connectivity index (χ0) is 21.8. The van der Waals surface area contributed by atoms with Crippen molar-refractivity contribution in [2.24, 2.45) is 5.92 Å². The van der Waals surface area contributed by atoms with Gasteiger partial charge in [0.05, 0.1) is 19.9 Å². The molecule has 0 spiro atoms. The smallest absolute Gasteiger partial charge is 0.407 e. The third-order valence-electron chi connectivity index (χ3n) is 4.27. The van der Waals surface area contributed by atoms with Gasteiger partial charge in [-0.15, -0.1) is 11.3 Å². The highest BCUT2D eigenvalue weighted by Gasteiger charge is 2.24. The molecule has 2 aromatic rings. The van der Waals surface area contributed by atoms with E-state index in [9.17, 15) is 9.59 Å². The van der Waals surface area contributed by atoms with Crippen LogP contribution in [-0.4, -0.2) is 44.5 Å². The van der Waals surface area contributed by atoms with Crippen LogP contribution in [0, 0.1) is 5.92 Å². The van der Waals surface area contributed by atoms with E-state index in [0.717, 1.165) is 10.1 Å². The van der Waals surface area contributed by atoms with Gasteiger partial charge in [-0.3, -0.25) is 0 Å². The van der Waals surface area contributed by atoms with Gasteiger partial charge in [0, 0.05) is 22.7 Å². The Morgan fingerprint density at radius 3 is 2.41 bits per heavy atom. The third-order valence-corrected chi connectivity index (χ3v) is 5.42. The molecule has 0 fully saturated rings. The second kappa shape index (κ2) is 9.35. The SMILES string of the molecule is COC(=O)c1sc2ccc(OC)cc2c1N[C@@H](CNC(=O)OC(C)(C)C)C(C)C. The molecule has 160 valence electrons. The number of anilines is 1. The van der Waals surface area contributed by atoms with Crippen LogP contribution in [0.15, 0.2) is 18.2 Å². The first kappa shape index (κ1) is 22.8. The van der Waals surface area contributed by atoms with E-state index in [0.29, 0.717) is 22.9 Å². The summed E-state index contributed by atoms with van der Waals surface area (Å²) in [6.07, 6.45) is -0.477. The van der Waals surface area contributed by atoms with E-state index in [-0.39, 0.29) is 12.0 Å². The van der Waals surface area contributed by atoms with Crippen LogP contribution in [0.5, 0.6) is 5.75 Å². The number of benzene rings is 1. The van der Waals surface area contributed by atoms with Crippen molar-refractivity contribution in [1.29, 1.82) is 0 Å². The normalized spacial score (nSPS) is 12.6. The molecule has 29 heavy (non-hydrogen) atoms. The van der Waals surface area contributed by atoms with E-state index in [1.165, 1.54) is 18.4 Å². The van der Waals surface area contributed by atoms with E-state index >= 15 is 0 Å². The van der Waals surface area contributed by atoms with E-state index in [4.69, 9.17) is 14.2 Å². The summed E-state index contributed by atoms with van der Waals surface area (Å²) in [7, 11) is 2.96. The van der Waals surface area contributed by atoms with Gasteiger partial charge in [-0.2, -0.15) is 0 Å². The van der Waals surface area contributed by atoms with Crippen molar-refractivity contribution in [3.8, 4) is 5.75 Å². The number of rotatable bonds is 7. The molecule has 1 aromatic heterocycles. The van der Waals surface area contributed by atoms with E-state index < -0.39 is 17.7 Å². The summed E-state index contributed by atoms with van der Waals surface area (Å²) in [5.74, 6) is 0.467. The Hall–Kier alpha value is -2.48. The average Bonchev–Trinajstić information content (AvgIpc) is 3.00. The predicted molar refractivity (Wildman–Crippen MR) is 116 cm³/mol. The van der Waals surface area contributed by atoms with Crippen LogP contribution in [0.3, 0.4) is 0 Å². The second-order valence-corrected chi connectivity index (χ2v) is 9.09. The van der Waals surface area contributed by atoms with Crippen LogP contribution in [0.1, 0.15) is 44.3 Å². The molecular formula is C21H30N2O5S. The highest BCUT2D eigenvalue weighted by atomic mass is 32.1. The van der Waals surface area contributed by atoms with Crippen LogP contribution in [0.25, 0.3) is 10.1 Å². The minimum Gasteiger partial charge on any atom is -0.497 e. The number of methoxy groups -OCH3 is 2. The highest BCUT2D eigenvalue weighted by Crippen LogP contribution is 2.39. The predicted octanol–water partition coefficient (Wildman–Crippen LogP) is 4.66. The number of nitrogens with one attached hydrogen (secondary N) is 2. The molecule has 0 bridgehead atoms. The Morgan fingerprint density at radius 1 is 1.17 bits per heavy atom. The molecule has 7 nitrogen and oxygen atoms in total. The number of alkyl carbamates (subject to hydrolysis) is 1. The van der Waals surface area contributed by atoms with Crippen molar-refractivity contribution in [3.63, 3.8) is 0 Å². The molecule has 0 aliphatic rings. The molecule has 0 unspecified atom stereocenters. The number of fused-ring (bicyclic) bond motifs is 1. The summed E-state index contributed by atoms with van der Waals surface area (Å²) in [5.41, 5.74) is 0.115. The van der Waals surface area contributed by atoms with Crippen molar-refractivity contribution in [2.45, 2.75) is 46.3 Å². The lowest BCUT2D eigenvalue weighted by Gasteiger charge is -2.26. The Labute approximate surface area is 175 Å². The van der Waals surface area contributed by atoms with Crippen LogP contribution in [0.2, 0.25) is 0 Å². The standard InChI is InChI=1S/C21H30N2O5S/c1-12(2)15(11-22-20(25)28-21(3,4)5)23-17-14-10-13(26-6)8-9-16(14)29-18(17)19(24)27-7/h8-10,12,15,23H,11H2,1-7H3,(H,22,25)/t15-/m0/s1. The first-order chi connectivity index (χ1) is 13.6. The van der Waals surface area contributed by atoms with Gasteiger partial charge in [0.15, 0.2) is 0 Å². The zero-order valence-electron chi connectivity index (χ0n) is 18.0. The number of hydrogen-bond acceptors (Lipinski definition) is 7. The lowest BCUT2D eigenvalue weighted by atomic mass is 10.0. The van der Waals surface area contributed by atoms with Crippen LogP contribution >= 0.6 is 11.3 Å². The largest absolute Gasteiger partial charge is 0.497 e. The van der Waals surface area contributed by atoms with Gasteiger partial charge in [-0.1, -0.05) is 13.8 Å². The average molecular weight is 423 g/mol. The Kier molecular flexibility index (Phi) is 7.35. The monoisotopic (exact) mass is 422 g/mol. The lowest BCUT2D eigenvalue weighted by Crippen LogP contribution is -2.42. The third kappa shape index (κ3) is 6.00. The number of carbonyl (C=O) groups excluding carboxylic acids is 2. The molecule has 2 N–H and O–H groups in total. The maximum absolute atomic E-state index is 12.4. The first-order valence-electron chi connectivity index (χ1n) is 9.48. The van der Waals surface area contributed by atoms with Gasteiger partial charge < -0.3 is 24.8 Å². The summed E-state index contributed by atoms with van der Waals surface area (Å²) in [4.78, 5) is 24.9. The molecule has 0 aliphatic heterocycles. The van der Waals surface area contributed by atoms with E-state index in [2.05, 4.69) is 10.6 Å². The molecule has 8 heteroatoms. The molecule has 2 rings (SSSR count). The quantitative estimate of drug-likeness (QED) is 0.631. The minimum absolute atomic E-state index is 0.130. The van der Waals surface area contributed by atoms with E-state index in [1.54, 1.807) is 7.11 Å². The number of amides is 1.